The first-order chi connectivity index (χ1) is 4.67. The Morgan fingerprint density at radius 2 is 2.10 bits per heavy atom. The van der Waals surface area contributed by atoms with Crippen LogP contribution in [0.1, 0.15) is 19.3 Å². The van der Waals surface area contributed by atoms with Gasteiger partial charge in [0.2, 0.25) is 0 Å². The van der Waals surface area contributed by atoms with Crippen LogP contribution in [0.25, 0.3) is 0 Å². The second-order valence-electron chi connectivity index (χ2n) is 2.89. The van der Waals surface area contributed by atoms with Crippen molar-refractivity contribution in [1.82, 2.24) is 5.32 Å². The highest BCUT2D eigenvalue weighted by Crippen LogP contribution is 2.44. The number of alkyl halides is 2. The second-order valence-corrected chi connectivity index (χ2v) is 2.89. The zero-order chi connectivity index (χ0) is 7.61. The van der Waals surface area contributed by atoms with E-state index in [1.807, 2.05) is 0 Å². The normalized spacial score (nSPS) is 19.5. The fourth-order valence-electron chi connectivity index (χ4n) is 1.00. The molecule has 0 amide bonds. The van der Waals surface area contributed by atoms with Crippen LogP contribution in [0.4, 0.5) is 8.78 Å². The summed E-state index contributed by atoms with van der Waals surface area (Å²) in [6.45, 7) is 0.420. The van der Waals surface area contributed by atoms with E-state index in [0.29, 0.717) is 6.54 Å². The van der Waals surface area contributed by atoms with E-state index in [0.717, 1.165) is 12.8 Å². The van der Waals surface area contributed by atoms with Gasteiger partial charge in [-0.3, -0.25) is 0 Å². The van der Waals surface area contributed by atoms with Gasteiger partial charge in [0.1, 0.15) is 0 Å². The summed E-state index contributed by atoms with van der Waals surface area (Å²) >= 11 is 0. The predicted molar refractivity (Wildman–Crippen MR) is 36.2 cm³/mol. The molecule has 1 saturated carbocycles. The van der Waals surface area contributed by atoms with E-state index in [-0.39, 0.29) is 12.3 Å². The Balaban J connectivity index is 2.20. The lowest BCUT2D eigenvalue weighted by molar-refractivity contribution is -0.0294. The quantitative estimate of drug-likeness (QED) is 0.640. The third kappa shape index (κ3) is 1.90. The van der Waals surface area contributed by atoms with E-state index in [2.05, 4.69) is 5.32 Å². The Morgan fingerprint density at radius 3 is 2.50 bits per heavy atom. The molecule has 0 unspecified atom stereocenters. The van der Waals surface area contributed by atoms with E-state index in [4.69, 9.17) is 0 Å². The Hall–Kier alpha value is -0.180. The van der Waals surface area contributed by atoms with E-state index in [9.17, 15) is 8.78 Å². The van der Waals surface area contributed by atoms with Crippen LogP contribution in [0.2, 0.25) is 0 Å². The number of nitrogens with one attached hydrogen (secondary N) is 1. The molecule has 0 saturated heterocycles. The molecule has 0 heterocycles. The van der Waals surface area contributed by atoms with Crippen molar-refractivity contribution in [3.63, 3.8) is 0 Å². The monoisotopic (exact) mass is 149 g/mol. The van der Waals surface area contributed by atoms with Crippen molar-refractivity contribution in [2.45, 2.75) is 25.2 Å². The van der Waals surface area contributed by atoms with Crippen LogP contribution < -0.4 is 5.32 Å². The maximum atomic E-state index is 12.8. The molecule has 1 aliphatic carbocycles. The molecule has 1 aliphatic rings. The van der Waals surface area contributed by atoms with Crippen LogP contribution in [-0.4, -0.2) is 19.5 Å². The van der Waals surface area contributed by atoms with Gasteiger partial charge in [-0.05, 0) is 19.9 Å². The van der Waals surface area contributed by atoms with Crippen LogP contribution in [0, 0.1) is 5.92 Å². The van der Waals surface area contributed by atoms with Gasteiger partial charge in [0.15, 0.2) is 0 Å². The lowest BCUT2D eigenvalue weighted by atomic mass is 10.1. The van der Waals surface area contributed by atoms with E-state index < -0.39 is 5.92 Å². The van der Waals surface area contributed by atoms with Crippen LogP contribution in [0.3, 0.4) is 0 Å². The van der Waals surface area contributed by atoms with Gasteiger partial charge in [0.25, 0.3) is 5.92 Å². The number of hydrogen-bond acceptors (Lipinski definition) is 1. The molecule has 1 N–H and O–H groups in total. The molecule has 3 heteroatoms. The molecule has 1 nitrogen and oxygen atoms in total. The van der Waals surface area contributed by atoms with Crippen molar-refractivity contribution < 1.29 is 8.78 Å². The molecule has 1 fully saturated rings. The van der Waals surface area contributed by atoms with Crippen molar-refractivity contribution >= 4 is 0 Å². The third-order valence-electron chi connectivity index (χ3n) is 1.88. The van der Waals surface area contributed by atoms with Crippen molar-refractivity contribution in [2.75, 3.05) is 13.6 Å². The van der Waals surface area contributed by atoms with Crippen molar-refractivity contribution in [2.24, 2.45) is 5.92 Å². The molecule has 0 spiro atoms. The van der Waals surface area contributed by atoms with Gasteiger partial charge in [-0.15, -0.1) is 0 Å². The summed E-state index contributed by atoms with van der Waals surface area (Å²) < 4.78 is 25.5. The molecule has 0 aromatic heterocycles. The Morgan fingerprint density at radius 1 is 1.50 bits per heavy atom. The molecular formula is C7H13F2N. The molecule has 0 aliphatic heterocycles. The van der Waals surface area contributed by atoms with Gasteiger partial charge in [-0.25, -0.2) is 8.78 Å². The van der Waals surface area contributed by atoms with Gasteiger partial charge in [0.05, 0.1) is 0 Å². The Kier molecular flexibility index (Phi) is 2.24. The molecule has 1 rings (SSSR count). The van der Waals surface area contributed by atoms with Gasteiger partial charge >= 0.3 is 0 Å². The zero-order valence-electron chi connectivity index (χ0n) is 6.16. The molecule has 0 aromatic rings. The average molecular weight is 149 g/mol. The summed E-state index contributed by atoms with van der Waals surface area (Å²) in [5.41, 5.74) is 0. The number of halogens is 2. The second kappa shape index (κ2) is 2.82. The van der Waals surface area contributed by atoms with Gasteiger partial charge in [-0.2, -0.15) is 0 Å². The van der Waals surface area contributed by atoms with E-state index in [1.165, 1.54) is 0 Å². The molecule has 0 radical (unpaired) electrons. The lowest BCUT2D eigenvalue weighted by Crippen LogP contribution is -2.24. The number of rotatable bonds is 4. The summed E-state index contributed by atoms with van der Waals surface area (Å²) in [6.07, 6.45) is 1.43. The topological polar surface area (TPSA) is 12.0 Å². The molecule has 0 aromatic carbocycles. The summed E-state index contributed by atoms with van der Waals surface area (Å²) in [5, 5.41) is 2.73. The molecule has 0 atom stereocenters. The average Bonchev–Trinajstić information content (AvgIpc) is 2.64. The maximum absolute atomic E-state index is 12.8. The summed E-state index contributed by atoms with van der Waals surface area (Å²) in [4.78, 5) is 0. The fourth-order valence-corrected chi connectivity index (χ4v) is 1.00. The van der Waals surface area contributed by atoms with Crippen LogP contribution >= 0.6 is 0 Å². The first kappa shape index (κ1) is 7.92. The van der Waals surface area contributed by atoms with Crippen LogP contribution in [0.15, 0.2) is 0 Å². The lowest BCUT2D eigenvalue weighted by Gasteiger charge is -2.14. The Bertz CT molecular complexity index is 110. The molecule has 0 bridgehead atoms. The Labute approximate surface area is 59.8 Å². The third-order valence-corrected chi connectivity index (χ3v) is 1.88. The smallest absolute Gasteiger partial charge is 0.252 e. The highest BCUT2D eigenvalue weighted by molar-refractivity contribution is 4.87. The summed E-state index contributed by atoms with van der Waals surface area (Å²) in [6, 6.07) is 0. The standard InChI is InChI=1S/C7H13F2N/c1-10-5-4-7(8,9)6-2-3-6/h6,10H,2-5H2,1H3. The SMILES string of the molecule is CNCCC(F)(F)C1CC1. The van der Waals surface area contributed by atoms with Crippen LogP contribution in [-0.2, 0) is 0 Å². The first-order valence-corrected chi connectivity index (χ1v) is 3.69. The largest absolute Gasteiger partial charge is 0.320 e. The number of hydrogen-bond donors (Lipinski definition) is 1. The zero-order valence-corrected chi connectivity index (χ0v) is 6.16. The minimum absolute atomic E-state index is 0.00579. The minimum Gasteiger partial charge on any atom is -0.320 e. The van der Waals surface area contributed by atoms with Gasteiger partial charge in [0, 0.05) is 18.9 Å². The van der Waals surface area contributed by atoms with Crippen LogP contribution in [0.5, 0.6) is 0 Å². The fraction of sp³-hybridized carbons (Fsp3) is 1.00. The highest BCUT2D eigenvalue weighted by Gasteiger charge is 2.45. The van der Waals surface area contributed by atoms with E-state index >= 15 is 0 Å². The van der Waals surface area contributed by atoms with Crippen molar-refractivity contribution in [3.05, 3.63) is 0 Å². The summed E-state index contributed by atoms with van der Waals surface area (Å²) in [5.74, 6) is -2.70. The molecular weight excluding hydrogens is 136 g/mol. The molecule has 60 valence electrons. The molecule has 10 heavy (non-hydrogen) atoms. The van der Waals surface area contributed by atoms with Crippen molar-refractivity contribution in [1.29, 1.82) is 0 Å². The minimum atomic E-state index is -2.40. The summed E-state index contributed by atoms with van der Waals surface area (Å²) in [7, 11) is 1.70. The van der Waals surface area contributed by atoms with Crippen molar-refractivity contribution in [3.8, 4) is 0 Å². The predicted octanol–water partition coefficient (Wildman–Crippen LogP) is 1.64. The maximum Gasteiger partial charge on any atom is 0.252 e. The highest BCUT2D eigenvalue weighted by atomic mass is 19.3. The van der Waals surface area contributed by atoms with Gasteiger partial charge < -0.3 is 5.32 Å². The van der Waals surface area contributed by atoms with Gasteiger partial charge in [-0.1, -0.05) is 0 Å². The van der Waals surface area contributed by atoms with E-state index in [1.54, 1.807) is 7.05 Å². The first-order valence-electron chi connectivity index (χ1n) is 3.69.